The average molecular weight is 249 g/mol. The van der Waals surface area contributed by atoms with Gasteiger partial charge < -0.3 is 15.2 Å². The van der Waals surface area contributed by atoms with Gasteiger partial charge in [-0.2, -0.15) is 0 Å². The molecule has 4 heteroatoms. The summed E-state index contributed by atoms with van der Waals surface area (Å²) in [7, 11) is 0. The van der Waals surface area contributed by atoms with E-state index in [4.69, 9.17) is 15.2 Å². The van der Waals surface area contributed by atoms with Gasteiger partial charge in [0.15, 0.2) is 0 Å². The van der Waals surface area contributed by atoms with E-state index in [1.165, 1.54) is 12.8 Å². The molecule has 0 bridgehead atoms. The Hall–Kier alpha value is -1.71. The van der Waals surface area contributed by atoms with Crippen LogP contribution < -0.4 is 10.5 Å². The fraction of sp³-hybridized carbons (Fsp3) is 0.500. The first-order chi connectivity index (χ1) is 8.58. The molecule has 0 radical (unpaired) electrons. The van der Waals surface area contributed by atoms with E-state index in [1.54, 1.807) is 18.2 Å². The van der Waals surface area contributed by atoms with E-state index < -0.39 is 5.97 Å². The number of carbonyl (C=O) groups is 1. The van der Waals surface area contributed by atoms with Gasteiger partial charge in [0, 0.05) is 0 Å². The Kier molecular flexibility index (Phi) is 3.75. The highest BCUT2D eigenvalue weighted by Gasteiger charge is 2.23. The van der Waals surface area contributed by atoms with Gasteiger partial charge in [0.2, 0.25) is 0 Å². The predicted molar refractivity (Wildman–Crippen MR) is 69.6 cm³/mol. The molecule has 1 aromatic rings. The van der Waals surface area contributed by atoms with Crippen LogP contribution in [0.1, 0.15) is 37.0 Å². The first-order valence-corrected chi connectivity index (χ1v) is 6.30. The van der Waals surface area contributed by atoms with Crippen molar-refractivity contribution in [2.75, 3.05) is 12.3 Å². The van der Waals surface area contributed by atoms with Crippen LogP contribution in [0.3, 0.4) is 0 Å². The summed E-state index contributed by atoms with van der Waals surface area (Å²) in [5.74, 6) is 0.815. The molecule has 1 aliphatic carbocycles. The summed E-state index contributed by atoms with van der Waals surface area (Å²) in [6.07, 6.45) is 2.28. The summed E-state index contributed by atoms with van der Waals surface area (Å²) >= 11 is 0. The largest absolute Gasteiger partial charge is 0.491 e. The average Bonchev–Trinajstić information content (AvgIpc) is 3.10. The minimum Gasteiger partial charge on any atom is -0.491 e. The highest BCUT2D eigenvalue weighted by Crippen LogP contribution is 2.32. The van der Waals surface area contributed by atoms with Gasteiger partial charge in [0.05, 0.1) is 24.0 Å². The van der Waals surface area contributed by atoms with E-state index in [9.17, 15) is 4.79 Å². The van der Waals surface area contributed by atoms with Crippen molar-refractivity contribution < 1.29 is 14.3 Å². The quantitative estimate of drug-likeness (QED) is 0.643. The van der Waals surface area contributed by atoms with Crippen molar-refractivity contribution in [1.29, 1.82) is 0 Å². The smallest absolute Gasteiger partial charge is 0.340 e. The van der Waals surface area contributed by atoms with E-state index in [-0.39, 0.29) is 6.10 Å². The molecule has 0 spiro atoms. The maximum atomic E-state index is 11.8. The standard InChI is InChI=1S/C14H19NO3/c1-9(2)18-14(16)11-4-3-5-12(13(11)15)17-8-10-6-7-10/h3-5,9-10H,6-8,15H2,1-2H3. The highest BCUT2D eigenvalue weighted by molar-refractivity contribution is 5.96. The van der Waals surface area contributed by atoms with Gasteiger partial charge in [0.1, 0.15) is 5.75 Å². The minimum atomic E-state index is -0.403. The normalized spacial score (nSPS) is 14.6. The second-order valence-electron chi connectivity index (χ2n) is 4.93. The lowest BCUT2D eigenvalue weighted by Gasteiger charge is -2.13. The number of hydrogen-bond donors (Lipinski definition) is 1. The summed E-state index contributed by atoms with van der Waals surface area (Å²) in [4.78, 5) is 11.8. The molecule has 0 unspecified atom stereocenters. The van der Waals surface area contributed by atoms with Crippen molar-refractivity contribution in [2.24, 2.45) is 5.92 Å². The number of carbonyl (C=O) groups excluding carboxylic acids is 1. The van der Waals surface area contributed by atoms with Crippen molar-refractivity contribution in [2.45, 2.75) is 32.8 Å². The van der Waals surface area contributed by atoms with Crippen LogP contribution in [-0.4, -0.2) is 18.7 Å². The SMILES string of the molecule is CC(C)OC(=O)c1cccc(OCC2CC2)c1N. The summed E-state index contributed by atoms with van der Waals surface area (Å²) < 4.78 is 10.8. The molecule has 1 aromatic carbocycles. The zero-order valence-electron chi connectivity index (χ0n) is 10.8. The maximum Gasteiger partial charge on any atom is 0.340 e. The fourth-order valence-corrected chi connectivity index (χ4v) is 1.62. The summed E-state index contributed by atoms with van der Waals surface area (Å²) in [6, 6.07) is 5.20. The van der Waals surface area contributed by atoms with Gasteiger partial charge in [0.25, 0.3) is 0 Å². The number of benzene rings is 1. The second kappa shape index (κ2) is 5.29. The molecule has 4 nitrogen and oxygen atoms in total. The molecule has 0 aromatic heterocycles. The van der Waals surface area contributed by atoms with Crippen LogP contribution in [0, 0.1) is 5.92 Å². The van der Waals surface area contributed by atoms with Crippen LogP contribution in [-0.2, 0) is 4.74 Å². The Bertz CT molecular complexity index is 439. The Balaban J connectivity index is 2.09. The number of para-hydroxylation sites is 1. The number of rotatable bonds is 5. The van der Waals surface area contributed by atoms with Gasteiger partial charge in [-0.1, -0.05) is 6.07 Å². The molecular formula is C14H19NO3. The van der Waals surface area contributed by atoms with Gasteiger partial charge in [-0.15, -0.1) is 0 Å². The van der Waals surface area contributed by atoms with E-state index in [0.29, 0.717) is 29.5 Å². The number of esters is 1. The van der Waals surface area contributed by atoms with Gasteiger partial charge >= 0.3 is 5.97 Å². The molecule has 0 atom stereocenters. The van der Waals surface area contributed by atoms with Gasteiger partial charge in [-0.25, -0.2) is 4.79 Å². The van der Waals surface area contributed by atoms with E-state index in [1.807, 2.05) is 13.8 Å². The summed E-state index contributed by atoms with van der Waals surface area (Å²) in [5.41, 5.74) is 6.68. The highest BCUT2D eigenvalue weighted by atomic mass is 16.5. The molecule has 1 saturated carbocycles. The topological polar surface area (TPSA) is 61.5 Å². The van der Waals surface area contributed by atoms with E-state index in [0.717, 1.165) is 0 Å². The third kappa shape index (κ3) is 3.15. The molecule has 0 amide bonds. The Morgan fingerprint density at radius 2 is 2.17 bits per heavy atom. The van der Waals surface area contributed by atoms with Gasteiger partial charge in [-0.3, -0.25) is 0 Å². The number of hydrogen-bond acceptors (Lipinski definition) is 4. The Morgan fingerprint density at radius 3 is 2.78 bits per heavy atom. The van der Waals surface area contributed by atoms with Crippen molar-refractivity contribution in [3.8, 4) is 5.75 Å². The zero-order chi connectivity index (χ0) is 13.1. The first kappa shape index (κ1) is 12.7. The van der Waals surface area contributed by atoms with Crippen molar-refractivity contribution in [3.63, 3.8) is 0 Å². The lowest BCUT2D eigenvalue weighted by Crippen LogP contribution is -2.14. The molecule has 2 N–H and O–H groups in total. The molecule has 1 aliphatic rings. The predicted octanol–water partition coefficient (Wildman–Crippen LogP) is 2.62. The van der Waals surface area contributed by atoms with Crippen molar-refractivity contribution in [3.05, 3.63) is 23.8 Å². The summed E-state index contributed by atoms with van der Waals surface area (Å²) in [5, 5.41) is 0. The third-order valence-corrected chi connectivity index (χ3v) is 2.80. The molecule has 0 saturated heterocycles. The Morgan fingerprint density at radius 1 is 1.44 bits per heavy atom. The molecule has 2 rings (SSSR count). The Labute approximate surface area is 107 Å². The number of ether oxygens (including phenoxy) is 2. The van der Waals surface area contributed by atoms with Crippen molar-refractivity contribution in [1.82, 2.24) is 0 Å². The zero-order valence-corrected chi connectivity index (χ0v) is 10.8. The fourth-order valence-electron chi connectivity index (χ4n) is 1.62. The van der Waals surface area contributed by atoms with Gasteiger partial charge in [-0.05, 0) is 44.7 Å². The van der Waals surface area contributed by atoms with Crippen LogP contribution in [0.5, 0.6) is 5.75 Å². The monoisotopic (exact) mass is 249 g/mol. The van der Waals surface area contributed by atoms with Crippen LogP contribution in [0.4, 0.5) is 5.69 Å². The first-order valence-electron chi connectivity index (χ1n) is 6.30. The number of nitrogen functional groups attached to an aromatic ring is 1. The number of nitrogens with two attached hydrogens (primary N) is 1. The minimum absolute atomic E-state index is 0.159. The third-order valence-electron chi connectivity index (χ3n) is 2.80. The second-order valence-corrected chi connectivity index (χ2v) is 4.93. The number of anilines is 1. The van der Waals surface area contributed by atoms with Crippen LogP contribution in [0.25, 0.3) is 0 Å². The lowest BCUT2D eigenvalue weighted by atomic mass is 10.1. The molecular weight excluding hydrogens is 230 g/mol. The lowest BCUT2D eigenvalue weighted by molar-refractivity contribution is 0.0379. The molecule has 18 heavy (non-hydrogen) atoms. The molecule has 0 heterocycles. The van der Waals surface area contributed by atoms with E-state index >= 15 is 0 Å². The van der Waals surface area contributed by atoms with Crippen molar-refractivity contribution >= 4 is 11.7 Å². The summed E-state index contributed by atoms with van der Waals surface area (Å²) in [6.45, 7) is 4.29. The molecule has 0 aliphatic heterocycles. The van der Waals surface area contributed by atoms with E-state index in [2.05, 4.69) is 0 Å². The van der Waals surface area contributed by atoms with Crippen LogP contribution in [0.15, 0.2) is 18.2 Å². The van der Waals surface area contributed by atoms with Crippen LogP contribution in [0.2, 0.25) is 0 Å². The molecule has 98 valence electrons. The van der Waals surface area contributed by atoms with Crippen LogP contribution >= 0.6 is 0 Å². The maximum absolute atomic E-state index is 11.8. The molecule has 1 fully saturated rings.